The lowest BCUT2D eigenvalue weighted by Gasteiger charge is -2.29. The molecule has 0 aromatic rings. The summed E-state index contributed by atoms with van der Waals surface area (Å²) >= 11 is 0. The molecule has 0 amide bonds. The second-order valence-corrected chi connectivity index (χ2v) is 3.96. The molecule has 0 aromatic heterocycles. The number of nitrogens with zero attached hydrogens (tertiary/aromatic N) is 2. The normalized spacial score (nSPS) is 21.4. The minimum atomic E-state index is -2.30. The monoisotopic (exact) mass is 220 g/mol. The molecule has 0 fully saturated rings. The van der Waals surface area contributed by atoms with Crippen LogP contribution in [0.1, 0.15) is 19.8 Å². The van der Waals surface area contributed by atoms with Crippen LogP contribution in [0.5, 0.6) is 0 Å². The summed E-state index contributed by atoms with van der Waals surface area (Å²) < 4.78 is 5.00. The van der Waals surface area contributed by atoms with E-state index in [1.165, 1.54) is 0 Å². The van der Waals surface area contributed by atoms with Crippen molar-refractivity contribution in [3.05, 3.63) is 12.4 Å². The van der Waals surface area contributed by atoms with Crippen molar-refractivity contribution in [2.24, 2.45) is 0 Å². The van der Waals surface area contributed by atoms with Crippen LogP contribution in [-0.2, 0) is 4.52 Å². The molecule has 14 heavy (non-hydrogen) atoms. The van der Waals surface area contributed by atoms with Gasteiger partial charge in [-0.15, -0.1) is 0 Å². The van der Waals surface area contributed by atoms with E-state index in [1.807, 2.05) is 24.3 Å². The minimum absolute atomic E-state index is 0.373. The fourth-order valence-corrected chi connectivity index (χ4v) is 1.76. The summed E-state index contributed by atoms with van der Waals surface area (Å²) in [5.41, 5.74) is 0. The van der Waals surface area contributed by atoms with Crippen LogP contribution in [0.2, 0.25) is 0 Å². The molecule has 82 valence electrons. The Hall–Kier alpha value is -0.350. The van der Waals surface area contributed by atoms with Crippen LogP contribution >= 0.6 is 8.60 Å². The van der Waals surface area contributed by atoms with E-state index in [0.29, 0.717) is 0 Å². The van der Waals surface area contributed by atoms with Gasteiger partial charge in [-0.3, -0.25) is 4.52 Å². The van der Waals surface area contributed by atoms with Crippen LogP contribution in [0.4, 0.5) is 0 Å². The first kappa shape index (κ1) is 11.7. The van der Waals surface area contributed by atoms with Crippen molar-refractivity contribution < 1.29 is 14.3 Å². The van der Waals surface area contributed by atoms with E-state index < -0.39 is 8.60 Å². The second-order valence-electron chi connectivity index (χ2n) is 3.24. The Morgan fingerprint density at radius 3 is 2.71 bits per heavy atom. The van der Waals surface area contributed by atoms with Crippen molar-refractivity contribution in [1.29, 1.82) is 0 Å². The Morgan fingerprint density at radius 1 is 1.43 bits per heavy atom. The summed E-state index contributed by atoms with van der Waals surface area (Å²) in [5.74, 6) is 0. The summed E-state index contributed by atoms with van der Waals surface area (Å²) in [6, 6.07) is 0. The van der Waals surface area contributed by atoms with Gasteiger partial charge in [0.05, 0.1) is 0 Å². The lowest BCUT2D eigenvalue weighted by atomic mass is 10.3. The van der Waals surface area contributed by atoms with E-state index >= 15 is 0 Å². The molecule has 0 saturated heterocycles. The third-order valence-electron chi connectivity index (χ3n) is 2.08. The molecule has 0 radical (unpaired) electrons. The maximum atomic E-state index is 8.79. The zero-order valence-electron chi connectivity index (χ0n) is 8.50. The van der Waals surface area contributed by atoms with Crippen LogP contribution < -0.4 is 0 Å². The molecule has 1 unspecified atom stereocenters. The van der Waals surface area contributed by atoms with Gasteiger partial charge in [0.15, 0.2) is 0 Å². The standard InChI is InChI=1S/C8H17N2O3P/c1-3-4-5-10-7-6-9(2)8(10)13-14(11)12/h6-8,11-12H,3-5H2,1-2H3. The van der Waals surface area contributed by atoms with Gasteiger partial charge in [-0.1, -0.05) is 13.3 Å². The van der Waals surface area contributed by atoms with Crippen LogP contribution in [0.15, 0.2) is 12.4 Å². The van der Waals surface area contributed by atoms with E-state index in [4.69, 9.17) is 14.3 Å². The first-order valence-corrected chi connectivity index (χ1v) is 5.82. The zero-order valence-corrected chi connectivity index (χ0v) is 9.39. The van der Waals surface area contributed by atoms with E-state index in [2.05, 4.69) is 6.92 Å². The van der Waals surface area contributed by atoms with Crippen molar-refractivity contribution in [3.63, 3.8) is 0 Å². The highest BCUT2D eigenvalue weighted by molar-refractivity contribution is 7.39. The fraction of sp³-hybridized carbons (Fsp3) is 0.750. The lowest BCUT2D eigenvalue weighted by Crippen LogP contribution is -2.38. The lowest BCUT2D eigenvalue weighted by molar-refractivity contribution is -0.0218. The molecule has 0 bridgehead atoms. The Morgan fingerprint density at radius 2 is 2.14 bits per heavy atom. The average molecular weight is 220 g/mol. The molecular formula is C8H17N2O3P. The average Bonchev–Trinajstić information content (AvgIpc) is 2.45. The molecule has 1 atom stereocenters. The van der Waals surface area contributed by atoms with Gasteiger partial charge in [0.25, 0.3) is 0 Å². The highest BCUT2D eigenvalue weighted by Gasteiger charge is 2.26. The Labute approximate surface area is 85.6 Å². The van der Waals surface area contributed by atoms with Gasteiger partial charge in [0.2, 0.25) is 6.35 Å². The Kier molecular flexibility index (Phi) is 4.62. The van der Waals surface area contributed by atoms with Crippen LogP contribution in [-0.4, -0.2) is 39.5 Å². The summed E-state index contributed by atoms with van der Waals surface area (Å²) in [6.45, 7) is 2.98. The number of unbranched alkanes of at least 4 members (excludes halogenated alkanes) is 1. The van der Waals surface area contributed by atoms with Gasteiger partial charge in [0.1, 0.15) is 0 Å². The smallest absolute Gasteiger partial charge is 0.330 e. The van der Waals surface area contributed by atoms with E-state index in [1.54, 1.807) is 4.90 Å². The Balaban J connectivity index is 2.43. The van der Waals surface area contributed by atoms with E-state index in [0.717, 1.165) is 19.4 Å². The highest BCUT2D eigenvalue weighted by atomic mass is 31.2. The molecule has 2 N–H and O–H groups in total. The predicted octanol–water partition coefficient (Wildman–Crippen LogP) is 1.02. The molecule has 1 aliphatic heterocycles. The van der Waals surface area contributed by atoms with Crippen molar-refractivity contribution in [3.8, 4) is 0 Å². The van der Waals surface area contributed by atoms with Gasteiger partial charge in [0, 0.05) is 26.0 Å². The van der Waals surface area contributed by atoms with Gasteiger partial charge in [-0.05, 0) is 6.42 Å². The third kappa shape index (κ3) is 3.10. The van der Waals surface area contributed by atoms with E-state index in [-0.39, 0.29) is 6.35 Å². The molecule has 1 aliphatic rings. The molecule has 1 rings (SSSR count). The molecule has 0 saturated carbocycles. The quantitative estimate of drug-likeness (QED) is 0.677. The van der Waals surface area contributed by atoms with Gasteiger partial charge in [-0.2, -0.15) is 0 Å². The molecule has 5 nitrogen and oxygen atoms in total. The van der Waals surface area contributed by atoms with E-state index in [9.17, 15) is 0 Å². The molecule has 0 aromatic carbocycles. The first-order valence-electron chi connectivity index (χ1n) is 4.65. The van der Waals surface area contributed by atoms with Crippen molar-refractivity contribution in [2.75, 3.05) is 13.6 Å². The SMILES string of the molecule is CCCCN1C=CN(C)C1OP(O)O. The maximum Gasteiger partial charge on any atom is 0.330 e. The van der Waals surface area contributed by atoms with Gasteiger partial charge >= 0.3 is 8.60 Å². The highest BCUT2D eigenvalue weighted by Crippen LogP contribution is 2.31. The Bertz CT molecular complexity index is 201. The van der Waals surface area contributed by atoms with Crippen LogP contribution in [0.25, 0.3) is 0 Å². The van der Waals surface area contributed by atoms with Crippen molar-refractivity contribution in [1.82, 2.24) is 9.80 Å². The zero-order chi connectivity index (χ0) is 10.6. The third-order valence-corrected chi connectivity index (χ3v) is 2.46. The molecule has 6 heteroatoms. The van der Waals surface area contributed by atoms with Gasteiger partial charge in [-0.25, -0.2) is 0 Å². The molecule has 1 heterocycles. The van der Waals surface area contributed by atoms with Crippen molar-refractivity contribution in [2.45, 2.75) is 26.1 Å². The molecular weight excluding hydrogens is 203 g/mol. The largest absolute Gasteiger partial charge is 0.337 e. The maximum absolute atomic E-state index is 8.79. The van der Waals surface area contributed by atoms with Gasteiger partial charge < -0.3 is 19.6 Å². The second kappa shape index (κ2) is 5.51. The molecule has 0 aliphatic carbocycles. The number of rotatable bonds is 5. The summed E-state index contributed by atoms with van der Waals surface area (Å²) in [7, 11) is -0.464. The topological polar surface area (TPSA) is 56.2 Å². The minimum Gasteiger partial charge on any atom is -0.337 e. The first-order chi connectivity index (χ1) is 6.65. The fourth-order valence-electron chi connectivity index (χ4n) is 1.32. The predicted molar refractivity (Wildman–Crippen MR) is 54.7 cm³/mol. The number of hydrogen-bond donors (Lipinski definition) is 2. The molecule has 0 spiro atoms. The summed E-state index contributed by atoms with van der Waals surface area (Å²) in [6.07, 6.45) is 5.56. The van der Waals surface area contributed by atoms with Crippen LogP contribution in [0, 0.1) is 0 Å². The van der Waals surface area contributed by atoms with Crippen LogP contribution in [0.3, 0.4) is 0 Å². The summed E-state index contributed by atoms with van der Waals surface area (Å²) in [4.78, 5) is 21.3. The number of hydrogen-bond acceptors (Lipinski definition) is 5. The van der Waals surface area contributed by atoms with Crippen molar-refractivity contribution >= 4 is 8.60 Å². The summed E-state index contributed by atoms with van der Waals surface area (Å²) in [5, 5.41) is 0.